The van der Waals surface area contributed by atoms with Crippen LogP contribution in [0.2, 0.25) is 5.02 Å². The van der Waals surface area contributed by atoms with Crippen molar-refractivity contribution in [2.75, 3.05) is 11.1 Å². The maximum atomic E-state index is 12.1. The Morgan fingerprint density at radius 2 is 2.16 bits per heavy atom. The minimum Gasteiger partial charge on any atom is -0.398 e. The molecule has 2 rings (SSSR count). The van der Waals surface area contributed by atoms with Crippen LogP contribution in [0.3, 0.4) is 0 Å². The van der Waals surface area contributed by atoms with E-state index in [4.69, 9.17) is 17.3 Å². The van der Waals surface area contributed by atoms with E-state index < -0.39 is 0 Å². The molecule has 3 N–H and O–H groups in total. The van der Waals surface area contributed by atoms with Gasteiger partial charge < -0.3 is 11.1 Å². The van der Waals surface area contributed by atoms with Crippen molar-refractivity contribution in [2.24, 2.45) is 0 Å². The SMILES string of the molecule is Cc1cc(NC(=O)c2cc(Cl)ccc2N)cnc1Br. The first kappa shape index (κ1) is 13.8. The molecule has 0 unspecified atom stereocenters. The molecule has 0 radical (unpaired) electrons. The van der Waals surface area contributed by atoms with E-state index in [0.29, 0.717) is 22.0 Å². The molecule has 1 aromatic heterocycles. The Bertz CT molecular complexity index is 646. The van der Waals surface area contributed by atoms with Gasteiger partial charge in [0.05, 0.1) is 17.4 Å². The Kier molecular flexibility index (Phi) is 4.07. The number of nitrogen functional groups attached to an aromatic ring is 1. The molecule has 6 heteroatoms. The highest BCUT2D eigenvalue weighted by Gasteiger charge is 2.11. The number of halogens is 2. The van der Waals surface area contributed by atoms with Crippen molar-refractivity contribution in [3.8, 4) is 0 Å². The number of nitrogens with two attached hydrogens (primary N) is 1. The molecule has 0 aliphatic carbocycles. The van der Waals surface area contributed by atoms with Crippen molar-refractivity contribution in [2.45, 2.75) is 6.92 Å². The third-order valence-electron chi connectivity index (χ3n) is 2.53. The highest BCUT2D eigenvalue weighted by atomic mass is 79.9. The van der Waals surface area contributed by atoms with Crippen LogP contribution in [0.5, 0.6) is 0 Å². The summed E-state index contributed by atoms with van der Waals surface area (Å²) in [6.07, 6.45) is 1.57. The number of nitrogens with one attached hydrogen (secondary N) is 1. The lowest BCUT2D eigenvalue weighted by Gasteiger charge is -2.08. The molecule has 1 amide bonds. The smallest absolute Gasteiger partial charge is 0.257 e. The third-order valence-corrected chi connectivity index (χ3v) is 3.60. The summed E-state index contributed by atoms with van der Waals surface area (Å²) in [7, 11) is 0. The Balaban J connectivity index is 2.25. The van der Waals surface area contributed by atoms with Crippen LogP contribution in [0.1, 0.15) is 15.9 Å². The number of nitrogens with zero attached hydrogens (tertiary/aromatic N) is 1. The van der Waals surface area contributed by atoms with Gasteiger partial charge in [0.2, 0.25) is 0 Å². The highest BCUT2D eigenvalue weighted by Crippen LogP contribution is 2.21. The van der Waals surface area contributed by atoms with Crippen molar-refractivity contribution in [3.63, 3.8) is 0 Å². The van der Waals surface area contributed by atoms with Crippen molar-refractivity contribution in [1.82, 2.24) is 4.98 Å². The monoisotopic (exact) mass is 339 g/mol. The van der Waals surface area contributed by atoms with Crippen molar-refractivity contribution in [3.05, 3.63) is 51.2 Å². The quantitative estimate of drug-likeness (QED) is 0.648. The van der Waals surface area contributed by atoms with Gasteiger partial charge in [-0.25, -0.2) is 4.98 Å². The molecule has 0 atom stereocenters. The van der Waals surface area contributed by atoms with Crippen LogP contribution in [0.4, 0.5) is 11.4 Å². The largest absolute Gasteiger partial charge is 0.398 e. The van der Waals surface area contributed by atoms with Gasteiger partial charge in [-0.3, -0.25) is 4.79 Å². The van der Waals surface area contributed by atoms with Gasteiger partial charge in [-0.2, -0.15) is 0 Å². The number of benzene rings is 1. The van der Waals surface area contributed by atoms with Gasteiger partial charge in [-0.05, 0) is 52.7 Å². The minimum absolute atomic E-state index is 0.316. The maximum absolute atomic E-state index is 12.1. The average Bonchev–Trinajstić information content (AvgIpc) is 2.36. The lowest BCUT2D eigenvalue weighted by Crippen LogP contribution is -2.14. The Hall–Kier alpha value is -1.59. The van der Waals surface area contributed by atoms with Crippen LogP contribution in [0, 0.1) is 6.92 Å². The Morgan fingerprint density at radius 3 is 2.84 bits per heavy atom. The zero-order valence-electron chi connectivity index (χ0n) is 10.1. The minimum atomic E-state index is -0.316. The Morgan fingerprint density at radius 1 is 1.42 bits per heavy atom. The van der Waals surface area contributed by atoms with E-state index in [0.717, 1.165) is 10.2 Å². The highest BCUT2D eigenvalue weighted by molar-refractivity contribution is 9.10. The molecule has 2 aromatic rings. The number of anilines is 2. The molecular formula is C13H11BrClN3O. The zero-order valence-corrected chi connectivity index (χ0v) is 12.4. The molecule has 0 fully saturated rings. The van der Waals surface area contributed by atoms with Crippen LogP contribution in [-0.2, 0) is 0 Å². The molecule has 98 valence electrons. The number of hydrogen-bond donors (Lipinski definition) is 2. The second-order valence-electron chi connectivity index (χ2n) is 4.02. The summed E-state index contributed by atoms with van der Waals surface area (Å²) in [5.41, 5.74) is 8.00. The number of rotatable bonds is 2. The molecule has 0 aliphatic heterocycles. The molecule has 0 saturated carbocycles. The number of aryl methyl sites for hydroxylation is 1. The van der Waals surface area contributed by atoms with Crippen LogP contribution in [-0.4, -0.2) is 10.9 Å². The molecular weight excluding hydrogens is 330 g/mol. The first-order valence-electron chi connectivity index (χ1n) is 5.46. The van der Waals surface area contributed by atoms with E-state index in [1.165, 1.54) is 6.07 Å². The van der Waals surface area contributed by atoms with Crippen LogP contribution in [0.25, 0.3) is 0 Å². The summed E-state index contributed by atoms with van der Waals surface area (Å²) in [5.74, 6) is -0.316. The number of carbonyl (C=O) groups excluding carboxylic acids is 1. The number of aromatic nitrogens is 1. The van der Waals surface area contributed by atoms with Gasteiger partial charge >= 0.3 is 0 Å². The van der Waals surface area contributed by atoms with Crippen LogP contribution < -0.4 is 11.1 Å². The number of hydrogen-bond acceptors (Lipinski definition) is 3. The maximum Gasteiger partial charge on any atom is 0.257 e. The van der Waals surface area contributed by atoms with Crippen molar-refractivity contribution >= 4 is 44.8 Å². The summed E-state index contributed by atoms with van der Waals surface area (Å²) in [6.45, 7) is 1.89. The summed E-state index contributed by atoms with van der Waals surface area (Å²) >= 11 is 9.16. The average molecular weight is 341 g/mol. The van der Waals surface area contributed by atoms with E-state index in [-0.39, 0.29) is 5.91 Å². The predicted octanol–water partition coefficient (Wildman–Crippen LogP) is 3.64. The second-order valence-corrected chi connectivity index (χ2v) is 5.20. The third kappa shape index (κ3) is 3.24. The second kappa shape index (κ2) is 5.59. The fraction of sp³-hybridized carbons (Fsp3) is 0.0769. The van der Waals surface area contributed by atoms with Gasteiger partial charge in [0.25, 0.3) is 5.91 Å². The fourth-order valence-corrected chi connectivity index (χ4v) is 1.94. The lowest BCUT2D eigenvalue weighted by molar-refractivity contribution is 0.102. The van der Waals surface area contributed by atoms with Gasteiger partial charge in [0.1, 0.15) is 4.60 Å². The summed E-state index contributed by atoms with van der Waals surface area (Å²) < 4.78 is 0.743. The summed E-state index contributed by atoms with van der Waals surface area (Å²) in [6, 6.07) is 6.59. The first-order valence-corrected chi connectivity index (χ1v) is 6.63. The molecule has 0 spiro atoms. The number of carbonyl (C=O) groups is 1. The number of pyridine rings is 1. The molecule has 0 saturated heterocycles. The summed E-state index contributed by atoms with van der Waals surface area (Å²) in [4.78, 5) is 16.2. The van der Waals surface area contributed by atoms with Crippen molar-refractivity contribution < 1.29 is 4.79 Å². The van der Waals surface area contributed by atoms with Crippen molar-refractivity contribution in [1.29, 1.82) is 0 Å². The van der Waals surface area contributed by atoms with Gasteiger partial charge in [0.15, 0.2) is 0 Å². The van der Waals surface area contributed by atoms with E-state index in [9.17, 15) is 4.79 Å². The number of amides is 1. The topological polar surface area (TPSA) is 68.0 Å². The molecule has 4 nitrogen and oxygen atoms in total. The zero-order chi connectivity index (χ0) is 14.0. The molecule has 1 heterocycles. The standard InChI is InChI=1S/C13H11BrClN3O/c1-7-4-9(6-17-12(7)14)18-13(19)10-5-8(15)2-3-11(10)16/h2-6H,16H2,1H3,(H,18,19). The normalized spacial score (nSPS) is 10.3. The molecule has 0 bridgehead atoms. The van der Waals surface area contributed by atoms with E-state index >= 15 is 0 Å². The van der Waals surface area contributed by atoms with E-state index in [2.05, 4.69) is 26.2 Å². The molecule has 19 heavy (non-hydrogen) atoms. The van der Waals surface area contributed by atoms with E-state index in [1.54, 1.807) is 18.3 Å². The Labute approximate surface area is 124 Å². The van der Waals surface area contributed by atoms with Gasteiger partial charge in [0, 0.05) is 10.7 Å². The van der Waals surface area contributed by atoms with Crippen LogP contribution >= 0.6 is 27.5 Å². The van der Waals surface area contributed by atoms with Crippen LogP contribution in [0.15, 0.2) is 35.1 Å². The predicted molar refractivity (Wildman–Crippen MR) is 80.5 cm³/mol. The lowest BCUT2D eigenvalue weighted by atomic mass is 10.1. The van der Waals surface area contributed by atoms with Gasteiger partial charge in [-0.15, -0.1) is 0 Å². The molecule has 0 aliphatic rings. The fourth-order valence-electron chi connectivity index (χ4n) is 1.55. The molecule has 1 aromatic carbocycles. The van der Waals surface area contributed by atoms with Gasteiger partial charge in [-0.1, -0.05) is 11.6 Å². The first-order chi connectivity index (χ1) is 8.97. The summed E-state index contributed by atoms with van der Waals surface area (Å²) in [5, 5.41) is 3.20. The van der Waals surface area contributed by atoms with E-state index in [1.807, 2.05) is 13.0 Å².